The molecule has 2 aromatic heterocycles. The molecular weight excluding hydrogens is 596 g/mol. The number of piperidine rings is 1. The average molecular weight is 641 g/mol. The van der Waals surface area contributed by atoms with E-state index in [-0.39, 0.29) is 29.5 Å². The van der Waals surface area contributed by atoms with E-state index in [0.717, 1.165) is 57.8 Å². The van der Waals surface area contributed by atoms with Gasteiger partial charge >= 0.3 is 0 Å². The molecule has 7 rings (SSSR count). The second kappa shape index (κ2) is 12.0. The van der Waals surface area contributed by atoms with Crippen molar-refractivity contribution in [3.8, 4) is 11.3 Å². The van der Waals surface area contributed by atoms with Crippen molar-refractivity contribution < 1.29 is 14.0 Å². The zero-order chi connectivity index (χ0) is 32.3. The Labute approximate surface area is 275 Å². The van der Waals surface area contributed by atoms with Gasteiger partial charge in [0.1, 0.15) is 16.4 Å². The van der Waals surface area contributed by atoms with Gasteiger partial charge in [0.15, 0.2) is 0 Å². The molecule has 4 atom stereocenters. The third-order valence-electron chi connectivity index (χ3n) is 10.7. The van der Waals surface area contributed by atoms with E-state index >= 15 is 0 Å². The van der Waals surface area contributed by atoms with E-state index in [4.69, 9.17) is 0 Å². The van der Waals surface area contributed by atoms with Crippen LogP contribution in [0.3, 0.4) is 0 Å². The quantitative estimate of drug-likeness (QED) is 0.177. The van der Waals surface area contributed by atoms with Gasteiger partial charge in [0.25, 0.3) is 0 Å². The van der Waals surface area contributed by atoms with Crippen molar-refractivity contribution >= 4 is 33.2 Å². The van der Waals surface area contributed by atoms with E-state index in [1.165, 1.54) is 28.8 Å². The monoisotopic (exact) mass is 640 g/mol. The molecule has 1 amide bonds. The number of hydrogen-bond acceptors (Lipinski definition) is 5. The van der Waals surface area contributed by atoms with Crippen molar-refractivity contribution in [3.05, 3.63) is 81.5 Å². The van der Waals surface area contributed by atoms with Crippen LogP contribution in [0.4, 0.5) is 4.39 Å². The summed E-state index contributed by atoms with van der Waals surface area (Å²) in [5, 5.41) is 7.98. The summed E-state index contributed by atoms with van der Waals surface area (Å²) in [7, 11) is 0. The summed E-state index contributed by atoms with van der Waals surface area (Å²) < 4.78 is 13.3. The Morgan fingerprint density at radius 2 is 1.78 bits per heavy atom. The van der Waals surface area contributed by atoms with E-state index < -0.39 is 5.41 Å². The molecule has 2 bridgehead atoms. The summed E-state index contributed by atoms with van der Waals surface area (Å²) in [5.74, 6) is 0.787. The van der Waals surface area contributed by atoms with Gasteiger partial charge in [-0.3, -0.25) is 14.5 Å². The van der Waals surface area contributed by atoms with Gasteiger partial charge < -0.3 is 15.6 Å². The van der Waals surface area contributed by atoms with Gasteiger partial charge in [-0.15, -0.1) is 11.3 Å². The predicted molar refractivity (Wildman–Crippen MR) is 184 cm³/mol. The van der Waals surface area contributed by atoms with Crippen LogP contribution in [0, 0.1) is 37.4 Å². The zero-order valence-electron chi connectivity index (χ0n) is 27.5. The van der Waals surface area contributed by atoms with Gasteiger partial charge in [-0.2, -0.15) is 0 Å². The van der Waals surface area contributed by atoms with Crippen molar-refractivity contribution in [2.45, 2.75) is 71.4 Å². The number of aryl methyl sites for hydroxylation is 2. The van der Waals surface area contributed by atoms with Gasteiger partial charge in [0, 0.05) is 54.3 Å². The first-order chi connectivity index (χ1) is 22.0. The van der Waals surface area contributed by atoms with Gasteiger partial charge in [-0.25, -0.2) is 4.39 Å². The third kappa shape index (κ3) is 5.73. The van der Waals surface area contributed by atoms with Crippen molar-refractivity contribution in [2.24, 2.45) is 17.8 Å². The molecule has 0 spiro atoms. The van der Waals surface area contributed by atoms with Crippen molar-refractivity contribution in [3.63, 3.8) is 0 Å². The molecule has 6 nitrogen and oxygen atoms in total. The molecule has 1 saturated carbocycles. The Balaban J connectivity index is 1.11. The van der Waals surface area contributed by atoms with Crippen LogP contribution < -0.4 is 10.6 Å². The van der Waals surface area contributed by atoms with Gasteiger partial charge in [-0.1, -0.05) is 36.2 Å². The standard InChI is InChI=1S/C38H45FN4O2S/c1-21-12-22(2)14-26(13-21)34-32(23(3)16-41-36(45)27-19-43(20-27)18-24-6-9-28(39)10-7-24)29-15-31(46-37(29)42-34)38(4,5)35(44)33-25-8-11-30(33)40-17-25/h6-7,9-10,12-15,23,25,27,30,33,40,42H,8,11,16-20H2,1-5H3,(H,41,45)/t23-,25?,30?,33?/m1/s1. The normalized spacial score (nSPS) is 22.3. The Morgan fingerprint density at radius 1 is 1.07 bits per heavy atom. The molecule has 3 N–H and O–H groups in total. The molecule has 2 aromatic carbocycles. The highest BCUT2D eigenvalue weighted by Crippen LogP contribution is 2.46. The van der Waals surface area contributed by atoms with Crippen molar-refractivity contribution in [2.75, 3.05) is 26.2 Å². The number of hydrogen-bond donors (Lipinski definition) is 3. The first-order valence-electron chi connectivity index (χ1n) is 16.7. The first kappa shape index (κ1) is 31.3. The van der Waals surface area contributed by atoms with Crippen LogP contribution in [0.15, 0.2) is 48.5 Å². The highest BCUT2D eigenvalue weighted by molar-refractivity contribution is 7.19. The Hall–Kier alpha value is -3.33. The van der Waals surface area contributed by atoms with Crippen LogP contribution >= 0.6 is 11.3 Å². The number of aromatic amines is 1. The minimum atomic E-state index is -0.569. The summed E-state index contributed by atoms with van der Waals surface area (Å²) in [6.45, 7) is 14.3. The lowest BCUT2D eigenvalue weighted by atomic mass is 9.76. The molecule has 1 aliphatic carbocycles. The topological polar surface area (TPSA) is 77.2 Å². The Morgan fingerprint density at radius 3 is 2.41 bits per heavy atom. The number of H-pyrrole nitrogens is 1. The number of carbonyl (C=O) groups excluding carboxylic acids is 2. The molecule has 3 aliphatic rings. The number of nitrogens with zero attached hydrogens (tertiary/aromatic N) is 1. The van der Waals surface area contributed by atoms with E-state index in [2.05, 4.69) is 79.4 Å². The lowest BCUT2D eigenvalue weighted by molar-refractivity contribution is -0.130. The van der Waals surface area contributed by atoms with Crippen LogP contribution in [0.5, 0.6) is 0 Å². The fourth-order valence-electron chi connectivity index (χ4n) is 8.16. The van der Waals surface area contributed by atoms with E-state index in [0.29, 0.717) is 37.4 Å². The molecule has 242 valence electrons. The molecule has 3 fully saturated rings. The van der Waals surface area contributed by atoms with Crippen LogP contribution in [-0.2, 0) is 21.5 Å². The molecule has 2 saturated heterocycles. The van der Waals surface area contributed by atoms with E-state index in [1.54, 1.807) is 23.5 Å². The SMILES string of the molecule is Cc1cc(C)cc(-c2[nH]c3sc(C(C)(C)C(=O)C4C5CCC4NC5)cc3c2[C@H](C)CNC(=O)C2CN(Cc3ccc(F)cc3)C2)c1. The highest BCUT2D eigenvalue weighted by atomic mass is 32.1. The highest BCUT2D eigenvalue weighted by Gasteiger charge is 2.50. The Kier molecular flexibility index (Phi) is 8.18. The van der Waals surface area contributed by atoms with Gasteiger partial charge in [0.2, 0.25) is 5.91 Å². The molecule has 46 heavy (non-hydrogen) atoms. The smallest absolute Gasteiger partial charge is 0.225 e. The summed E-state index contributed by atoms with van der Waals surface area (Å²) in [5.41, 5.74) is 6.34. The van der Waals surface area contributed by atoms with Crippen molar-refractivity contribution in [1.82, 2.24) is 20.5 Å². The number of halogens is 1. The maximum Gasteiger partial charge on any atom is 0.225 e. The first-order valence-corrected chi connectivity index (χ1v) is 17.6. The number of Topliss-reactive ketones (excluding diaryl/α,β-unsaturated/α-hetero) is 1. The lowest BCUT2D eigenvalue weighted by Crippen LogP contribution is -2.53. The molecule has 0 radical (unpaired) electrons. The van der Waals surface area contributed by atoms with Crippen LogP contribution in [0.1, 0.15) is 66.7 Å². The summed E-state index contributed by atoms with van der Waals surface area (Å²) in [6, 6.07) is 15.8. The predicted octanol–water partition coefficient (Wildman–Crippen LogP) is 6.85. The van der Waals surface area contributed by atoms with Gasteiger partial charge in [0.05, 0.1) is 17.0 Å². The molecule has 4 heterocycles. The van der Waals surface area contributed by atoms with Crippen LogP contribution in [0.25, 0.3) is 21.5 Å². The minimum absolute atomic E-state index is 0.0438. The number of aromatic nitrogens is 1. The number of ketones is 1. The fraction of sp³-hybridized carbons (Fsp3) is 0.474. The third-order valence-corrected chi connectivity index (χ3v) is 12.1. The second-order valence-corrected chi connectivity index (χ2v) is 15.7. The molecule has 8 heteroatoms. The van der Waals surface area contributed by atoms with Gasteiger partial charge in [-0.05, 0) is 100 Å². The number of thiophene rings is 1. The number of likely N-dealkylation sites (tertiary alicyclic amines) is 1. The number of fused-ring (bicyclic) bond motifs is 3. The average Bonchev–Trinajstić information content (AvgIpc) is 3.77. The lowest BCUT2D eigenvalue weighted by Gasteiger charge is -2.38. The summed E-state index contributed by atoms with van der Waals surface area (Å²) in [6.07, 6.45) is 2.25. The number of amides is 1. The maximum atomic E-state index is 14.0. The fourth-order valence-corrected chi connectivity index (χ4v) is 9.34. The van der Waals surface area contributed by atoms with E-state index in [9.17, 15) is 14.0 Å². The summed E-state index contributed by atoms with van der Waals surface area (Å²) >= 11 is 1.70. The maximum absolute atomic E-state index is 14.0. The second-order valence-electron chi connectivity index (χ2n) is 14.7. The molecule has 4 aromatic rings. The molecule has 2 aliphatic heterocycles. The number of rotatable bonds is 10. The zero-order valence-corrected chi connectivity index (χ0v) is 28.3. The summed E-state index contributed by atoms with van der Waals surface area (Å²) in [4.78, 5) is 35.4. The number of benzene rings is 2. The molecular formula is C38H45FN4O2S. The van der Waals surface area contributed by atoms with Crippen molar-refractivity contribution in [1.29, 1.82) is 0 Å². The van der Waals surface area contributed by atoms with Crippen LogP contribution in [-0.4, -0.2) is 53.8 Å². The van der Waals surface area contributed by atoms with Crippen LogP contribution in [0.2, 0.25) is 0 Å². The molecule has 3 unspecified atom stereocenters. The van der Waals surface area contributed by atoms with E-state index in [1.807, 2.05) is 0 Å². The number of carbonyl (C=O) groups is 2. The largest absolute Gasteiger partial charge is 0.355 e. The number of nitrogens with one attached hydrogen (secondary N) is 3. The Bertz CT molecular complexity index is 1740. The minimum Gasteiger partial charge on any atom is -0.355 e.